The molecule has 3 aliphatic heterocycles. The SMILES string of the molecule is O=C1OC(=O)C2(Cl)C3C=CC(O3)C12. The van der Waals surface area contributed by atoms with Gasteiger partial charge < -0.3 is 9.47 Å². The maximum atomic E-state index is 11.3. The second kappa shape index (κ2) is 1.96. The van der Waals surface area contributed by atoms with Crippen LogP contribution in [-0.4, -0.2) is 29.0 Å². The summed E-state index contributed by atoms with van der Waals surface area (Å²) in [4.78, 5) is 21.2. The van der Waals surface area contributed by atoms with Crippen LogP contribution in [0, 0.1) is 5.92 Å². The molecule has 5 heteroatoms. The highest BCUT2D eigenvalue weighted by Crippen LogP contribution is 2.51. The van der Waals surface area contributed by atoms with Crippen LogP contribution in [0.4, 0.5) is 0 Å². The smallest absolute Gasteiger partial charge is 0.338 e. The van der Waals surface area contributed by atoms with E-state index >= 15 is 0 Å². The molecule has 0 aromatic heterocycles. The summed E-state index contributed by atoms with van der Waals surface area (Å²) in [5.41, 5.74) is 0. The van der Waals surface area contributed by atoms with Gasteiger partial charge in [-0.25, -0.2) is 4.79 Å². The molecule has 13 heavy (non-hydrogen) atoms. The van der Waals surface area contributed by atoms with Crippen LogP contribution in [-0.2, 0) is 19.1 Å². The Balaban J connectivity index is 2.17. The van der Waals surface area contributed by atoms with Gasteiger partial charge in [0, 0.05) is 0 Å². The first-order valence-corrected chi connectivity index (χ1v) is 4.30. The topological polar surface area (TPSA) is 52.6 Å². The van der Waals surface area contributed by atoms with Crippen molar-refractivity contribution in [3.05, 3.63) is 12.2 Å². The van der Waals surface area contributed by atoms with Crippen LogP contribution in [0.1, 0.15) is 0 Å². The Morgan fingerprint density at radius 2 is 2.15 bits per heavy atom. The van der Waals surface area contributed by atoms with Gasteiger partial charge in [0.2, 0.25) is 0 Å². The number of alkyl halides is 1. The van der Waals surface area contributed by atoms with Crippen molar-refractivity contribution >= 4 is 23.5 Å². The molecule has 68 valence electrons. The Labute approximate surface area is 78.4 Å². The summed E-state index contributed by atoms with van der Waals surface area (Å²) in [6.07, 6.45) is 2.55. The number of hydrogen-bond donors (Lipinski definition) is 0. The van der Waals surface area contributed by atoms with Crippen molar-refractivity contribution in [2.75, 3.05) is 0 Å². The van der Waals surface area contributed by atoms with Gasteiger partial charge in [0.15, 0.2) is 4.87 Å². The fourth-order valence-electron chi connectivity index (χ4n) is 2.10. The van der Waals surface area contributed by atoms with Crippen molar-refractivity contribution in [3.63, 3.8) is 0 Å². The second-order valence-corrected chi connectivity index (χ2v) is 3.99. The molecule has 0 radical (unpaired) electrons. The number of fused-ring (bicyclic) bond motifs is 5. The zero-order valence-corrected chi connectivity index (χ0v) is 7.15. The fourth-order valence-corrected chi connectivity index (χ4v) is 2.47. The molecule has 2 bridgehead atoms. The molecule has 0 N–H and O–H groups in total. The number of esters is 2. The van der Waals surface area contributed by atoms with Gasteiger partial charge in [-0.1, -0.05) is 12.2 Å². The van der Waals surface area contributed by atoms with Crippen LogP contribution in [0.2, 0.25) is 0 Å². The molecule has 2 saturated heterocycles. The summed E-state index contributed by atoms with van der Waals surface area (Å²) in [7, 11) is 0. The summed E-state index contributed by atoms with van der Waals surface area (Å²) in [5.74, 6) is -1.91. The van der Waals surface area contributed by atoms with Gasteiger partial charge in [-0.2, -0.15) is 0 Å². The molecule has 3 heterocycles. The van der Waals surface area contributed by atoms with E-state index in [1.165, 1.54) is 0 Å². The van der Waals surface area contributed by atoms with E-state index in [0.29, 0.717) is 0 Å². The maximum absolute atomic E-state index is 11.3. The number of ether oxygens (including phenoxy) is 2. The van der Waals surface area contributed by atoms with Gasteiger partial charge in [0.25, 0.3) is 0 Å². The minimum Gasteiger partial charge on any atom is -0.391 e. The molecule has 0 aromatic carbocycles. The van der Waals surface area contributed by atoms with Crippen molar-refractivity contribution in [1.82, 2.24) is 0 Å². The number of carbonyl (C=O) groups is 2. The molecule has 3 aliphatic rings. The normalized spacial score (nSPS) is 51.3. The zero-order valence-electron chi connectivity index (χ0n) is 6.40. The average molecular weight is 201 g/mol. The van der Waals surface area contributed by atoms with Gasteiger partial charge in [0.1, 0.15) is 12.0 Å². The molecule has 2 fully saturated rings. The van der Waals surface area contributed by atoms with Crippen LogP contribution in [0.15, 0.2) is 12.2 Å². The quantitative estimate of drug-likeness (QED) is 0.239. The number of hydrogen-bond acceptors (Lipinski definition) is 4. The third kappa shape index (κ3) is 0.638. The maximum Gasteiger partial charge on any atom is 0.338 e. The van der Waals surface area contributed by atoms with Crippen molar-refractivity contribution in [2.24, 2.45) is 5.92 Å². The van der Waals surface area contributed by atoms with E-state index in [2.05, 4.69) is 4.74 Å². The summed E-state index contributed by atoms with van der Waals surface area (Å²) in [6, 6.07) is 0. The Kier molecular flexibility index (Phi) is 1.14. The van der Waals surface area contributed by atoms with Crippen LogP contribution in [0.5, 0.6) is 0 Å². The summed E-state index contributed by atoms with van der Waals surface area (Å²) in [5, 5.41) is 0. The van der Waals surface area contributed by atoms with Gasteiger partial charge >= 0.3 is 11.9 Å². The standard InChI is InChI=1S/C8H5ClO4/c9-8-4-2-1-3(12-4)5(8)6(10)13-7(8)11/h1-5H. The van der Waals surface area contributed by atoms with E-state index in [0.717, 1.165) is 0 Å². The highest BCUT2D eigenvalue weighted by molar-refractivity contribution is 6.39. The van der Waals surface area contributed by atoms with E-state index in [1.807, 2.05) is 0 Å². The molecule has 4 nitrogen and oxygen atoms in total. The molecular formula is C8H5ClO4. The van der Waals surface area contributed by atoms with Gasteiger partial charge in [-0.15, -0.1) is 11.6 Å². The number of carbonyl (C=O) groups excluding carboxylic acids is 2. The Hall–Kier alpha value is -0.870. The largest absolute Gasteiger partial charge is 0.391 e. The lowest BCUT2D eigenvalue weighted by molar-refractivity contribution is -0.156. The highest BCUT2D eigenvalue weighted by Gasteiger charge is 2.70. The summed E-state index contributed by atoms with van der Waals surface area (Å²) >= 11 is 6.04. The molecule has 0 spiro atoms. The zero-order chi connectivity index (χ0) is 9.22. The van der Waals surface area contributed by atoms with Crippen LogP contribution in [0.25, 0.3) is 0 Å². The highest BCUT2D eigenvalue weighted by atomic mass is 35.5. The van der Waals surface area contributed by atoms with Crippen molar-refractivity contribution in [3.8, 4) is 0 Å². The predicted molar refractivity (Wildman–Crippen MR) is 41.0 cm³/mol. The van der Waals surface area contributed by atoms with Crippen LogP contribution < -0.4 is 0 Å². The molecule has 0 saturated carbocycles. The minimum atomic E-state index is -1.30. The van der Waals surface area contributed by atoms with Crippen LogP contribution >= 0.6 is 11.6 Å². The van der Waals surface area contributed by atoms with Gasteiger partial charge in [0.05, 0.1) is 6.10 Å². The Bertz CT molecular complexity index is 350. The van der Waals surface area contributed by atoms with Crippen LogP contribution in [0.3, 0.4) is 0 Å². The first-order valence-electron chi connectivity index (χ1n) is 3.93. The van der Waals surface area contributed by atoms with E-state index in [-0.39, 0.29) is 6.10 Å². The lowest BCUT2D eigenvalue weighted by Crippen LogP contribution is -2.43. The Morgan fingerprint density at radius 1 is 1.38 bits per heavy atom. The molecule has 3 rings (SSSR count). The number of cyclic esters (lactones) is 2. The molecule has 4 unspecified atom stereocenters. The van der Waals surface area contributed by atoms with Crippen molar-refractivity contribution in [2.45, 2.75) is 17.1 Å². The lowest BCUT2D eigenvalue weighted by Gasteiger charge is -2.19. The van der Waals surface area contributed by atoms with Gasteiger partial charge in [-0.3, -0.25) is 4.79 Å². The van der Waals surface area contributed by atoms with Crippen molar-refractivity contribution in [1.29, 1.82) is 0 Å². The van der Waals surface area contributed by atoms with E-state index in [4.69, 9.17) is 16.3 Å². The summed E-state index contributed by atoms with van der Waals surface area (Å²) in [6.45, 7) is 0. The number of halogens is 1. The van der Waals surface area contributed by atoms with Crippen molar-refractivity contribution < 1.29 is 19.1 Å². The van der Waals surface area contributed by atoms with E-state index in [9.17, 15) is 9.59 Å². The fraction of sp³-hybridized carbons (Fsp3) is 0.500. The monoisotopic (exact) mass is 200 g/mol. The number of rotatable bonds is 0. The first-order chi connectivity index (χ1) is 6.14. The van der Waals surface area contributed by atoms with E-state index in [1.54, 1.807) is 12.2 Å². The molecule has 0 amide bonds. The lowest BCUT2D eigenvalue weighted by atomic mass is 9.84. The third-order valence-corrected chi connectivity index (χ3v) is 3.34. The second-order valence-electron chi connectivity index (χ2n) is 3.36. The molecule has 0 aliphatic carbocycles. The van der Waals surface area contributed by atoms with Gasteiger partial charge in [-0.05, 0) is 0 Å². The third-order valence-electron chi connectivity index (χ3n) is 2.73. The Morgan fingerprint density at radius 3 is 2.85 bits per heavy atom. The molecule has 4 atom stereocenters. The minimum absolute atomic E-state index is 0.388. The molecule has 0 aromatic rings. The predicted octanol–water partition coefficient (Wildman–Crippen LogP) is 0.000800. The summed E-state index contributed by atoms with van der Waals surface area (Å²) < 4.78 is 9.80. The average Bonchev–Trinajstić information content (AvgIpc) is 2.66. The van der Waals surface area contributed by atoms with E-state index < -0.39 is 28.8 Å². The first kappa shape index (κ1) is 7.53. The molecular weight excluding hydrogens is 196 g/mol.